The van der Waals surface area contributed by atoms with E-state index in [0.717, 1.165) is 17.0 Å². The average Bonchev–Trinajstić information content (AvgIpc) is 2.79. The van der Waals surface area contributed by atoms with Gasteiger partial charge in [0, 0.05) is 6.54 Å². The van der Waals surface area contributed by atoms with Gasteiger partial charge in [-0.15, -0.1) is 13.2 Å². The Balaban J connectivity index is 2.48. The van der Waals surface area contributed by atoms with E-state index in [1.165, 1.54) is 6.33 Å². The molecule has 0 bridgehead atoms. The van der Waals surface area contributed by atoms with Gasteiger partial charge in [-0.1, -0.05) is 12.2 Å². The molecule has 2 rings (SSSR count). The molecule has 0 aliphatic rings. The fraction of sp³-hybridized carbons (Fsp3) is 0.250. The molecule has 2 aromatic rings. The zero-order valence-electron chi connectivity index (χ0n) is 9.80. The molecule has 0 fully saturated rings. The SMILES string of the molecule is C=CCNc1ncnc2c1ncn2C(C)C=C. The summed E-state index contributed by atoms with van der Waals surface area (Å²) in [6, 6.07) is 0.155. The summed E-state index contributed by atoms with van der Waals surface area (Å²) in [5.41, 5.74) is 1.57. The number of anilines is 1. The molecule has 0 radical (unpaired) electrons. The fourth-order valence-corrected chi connectivity index (χ4v) is 1.56. The molecule has 2 heterocycles. The minimum atomic E-state index is 0.155. The molecule has 0 aliphatic carbocycles. The first-order chi connectivity index (χ1) is 8.27. The van der Waals surface area contributed by atoms with Crippen LogP contribution in [0.4, 0.5) is 5.82 Å². The van der Waals surface area contributed by atoms with Crippen molar-refractivity contribution in [3.63, 3.8) is 0 Å². The monoisotopic (exact) mass is 229 g/mol. The first-order valence-electron chi connectivity index (χ1n) is 5.42. The second kappa shape index (κ2) is 4.78. The van der Waals surface area contributed by atoms with Crippen molar-refractivity contribution >= 4 is 17.0 Å². The molecular formula is C12H15N5. The summed E-state index contributed by atoms with van der Waals surface area (Å²) >= 11 is 0. The molecule has 17 heavy (non-hydrogen) atoms. The summed E-state index contributed by atoms with van der Waals surface area (Å²) < 4.78 is 1.96. The maximum atomic E-state index is 4.33. The third-order valence-electron chi connectivity index (χ3n) is 2.55. The van der Waals surface area contributed by atoms with Crippen molar-refractivity contribution in [2.45, 2.75) is 13.0 Å². The van der Waals surface area contributed by atoms with Crippen LogP contribution in [0.1, 0.15) is 13.0 Å². The van der Waals surface area contributed by atoms with Crippen LogP contribution < -0.4 is 5.32 Å². The molecule has 0 spiro atoms. The second-order valence-electron chi connectivity index (χ2n) is 3.69. The van der Waals surface area contributed by atoms with E-state index in [-0.39, 0.29) is 6.04 Å². The third kappa shape index (κ3) is 2.04. The molecule has 2 aromatic heterocycles. The molecule has 88 valence electrons. The van der Waals surface area contributed by atoms with E-state index < -0.39 is 0 Å². The van der Waals surface area contributed by atoms with E-state index in [2.05, 4.69) is 33.4 Å². The molecule has 1 atom stereocenters. The van der Waals surface area contributed by atoms with Crippen molar-refractivity contribution in [3.05, 3.63) is 38.0 Å². The maximum Gasteiger partial charge on any atom is 0.165 e. The zero-order valence-corrected chi connectivity index (χ0v) is 9.80. The van der Waals surface area contributed by atoms with Crippen molar-refractivity contribution in [1.29, 1.82) is 0 Å². The van der Waals surface area contributed by atoms with Gasteiger partial charge in [0.15, 0.2) is 11.5 Å². The lowest BCUT2D eigenvalue weighted by Crippen LogP contribution is -2.04. The standard InChI is InChI=1S/C12H15N5/c1-4-6-13-11-10-12(15-7-14-11)17(8-16-10)9(3)5-2/h4-5,7-9H,1-2,6H2,3H3,(H,13,14,15). The Hall–Kier alpha value is -2.17. The number of aromatic nitrogens is 4. The average molecular weight is 229 g/mol. The molecule has 0 saturated heterocycles. The first kappa shape index (κ1) is 11.3. The summed E-state index contributed by atoms with van der Waals surface area (Å²) in [5, 5.41) is 3.14. The van der Waals surface area contributed by atoms with Crippen molar-refractivity contribution in [2.75, 3.05) is 11.9 Å². The predicted octanol–water partition coefficient (Wildman–Crippen LogP) is 2.17. The number of allylic oxidation sites excluding steroid dienone is 1. The van der Waals surface area contributed by atoms with Crippen LogP contribution in [0.2, 0.25) is 0 Å². The fourth-order valence-electron chi connectivity index (χ4n) is 1.56. The number of hydrogen-bond acceptors (Lipinski definition) is 4. The number of hydrogen-bond donors (Lipinski definition) is 1. The number of imidazole rings is 1. The van der Waals surface area contributed by atoms with Gasteiger partial charge in [0.25, 0.3) is 0 Å². The van der Waals surface area contributed by atoms with Crippen LogP contribution in [0.3, 0.4) is 0 Å². The molecule has 5 heteroatoms. The van der Waals surface area contributed by atoms with Crippen LogP contribution in [0, 0.1) is 0 Å². The Labute approximate surface area is 99.9 Å². The van der Waals surface area contributed by atoms with E-state index >= 15 is 0 Å². The van der Waals surface area contributed by atoms with Crippen molar-refractivity contribution in [2.24, 2.45) is 0 Å². The second-order valence-corrected chi connectivity index (χ2v) is 3.69. The minimum Gasteiger partial charge on any atom is -0.365 e. The van der Waals surface area contributed by atoms with Crippen molar-refractivity contribution in [1.82, 2.24) is 19.5 Å². The summed E-state index contributed by atoms with van der Waals surface area (Å²) in [5.74, 6) is 0.727. The molecular weight excluding hydrogens is 214 g/mol. The molecule has 1 unspecified atom stereocenters. The van der Waals surface area contributed by atoms with Gasteiger partial charge in [0.1, 0.15) is 11.8 Å². The summed E-state index contributed by atoms with van der Waals surface area (Å²) in [7, 11) is 0. The largest absolute Gasteiger partial charge is 0.365 e. The Morgan fingerprint density at radius 1 is 1.41 bits per heavy atom. The number of fused-ring (bicyclic) bond motifs is 1. The van der Waals surface area contributed by atoms with E-state index in [1.54, 1.807) is 12.4 Å². The first-order valence-corrected chi connectivity index (χ1v) is 5.42. The Kier molecular flexibility index (Phi) is 3.18. The lowest BCUT2D eigenvalue weighted by Gasteiger charge is -2.08. The van der Waals surface area contributed by atoms with Crippen LogP contribution in [0.25, 0.3) is 11.2 Å². The van der Waals surface area contributed by atoms with Crippen LogP contribution >= 0.6 is 0 Å². The minimum absolute atomic E-state index is 0.155. The normalized spacial score (nSPS) is 12.3. The highest BCUT2D eigenvalue weighted by atomic mass is 15.2. The van der Waals surface area contributed by atoms with E-state index in [9.17, 15) is 0 Å². The van der Waals surface area contributed by atoms with Gasteiger partial charge in [-0.2, -0.15) is 0 Å². The van der Waals surface area contributed by atoms with E-state index in [1.807, 2.05) is 17.6 Å². The van der Waals surface area contributed by atoms with E-state index in [4.69, 9.17) is 0 Å². The topological polar surface area (TPSA) is 55.6 Å². The predicted molar refractivity (Wildman–Crippen MR) is 68.9 cm³/mol. The van der Waals surface area contributed by atoms with Gasteiger partial charge >= 0.3 is 0 Å². The zero-order chi connectivity index (χ0) is 12.3. The Morgan fingerprint density at radius 3 is 2.94 bits per heavy atom. The quantitative estimate of drug-likeness (QED) is 0.798. The Morgan fingerprint density at radius 2 is 2.24 bits per heavy atom. The van der Waals surface area contributed by atoms with Crippen LogP contribution in [-0.2, 0) is 0 Å². The van der Waals surface area contributed by atoms with Gasteiger partial charge in [-0.3, -0.25) is 0 Å². The molecule has 0 aliphatic heterocycles. The third-order valence-corrected chi connectivity index (χ3v) is 2.55. The summed E-state index contributed by atoms with van der Waals surface area (Å²) in [4.78, 5) is 12.8. The molecule has 0 aromatic carbocycles. The summed E-state index contributed by atoms with van der Waals surface area (Å²) in [6.45, 7) is 10.1. The van der Waals surface area contributed by atoms with Crippen molar-refractivity contribution < 1.29 is 0 Å². The smallest absolute Gasteiger partial charge is 0.165 e. The van der Waals surface area contributed by atoms with Gasteiger partial charge < -0.3 is 9.88 Å². The van der Waals surface area contributed by atoms with Crippen LogP contribution in [-0.4, -0.2) is 26.1 Å². The summed E-state index contributed by atoms with van der Waals surface area (Å²) in [6.07, 6.45) is 6.91. The number of nitrogens with zero attached hydrogens (tertiary/aromatic N) is 4. The van der Waals surface area contributed by atoms with Gasteiger partial charge in [0.2, 0.25) is 0 Å². The van der Waals surface area contributed by atoms with Gasteiger partial charge in [-0.05, 0) is 6.92 Å². The number of nitrogens with one attached hydrogen (secondary N) is 1. The highest BCUT2D eigenvalue weighted by Crippen LogP contribution is 2.20. The molecule has 1 N–H and O–H groups in total. The molecule has 0 saturated carbocycles. The maximum absolute atomic E-state index is 4.33. The van der Waals surface area contributed by atoms with Crippen molar-refractivity contribution in [3.8, 4) is 0 Å². The molecule has 0 amide bonds. The van der Waals surface area contributed by atoms with Crippen LogP contribution in [0.5, 0.6) is 0 Å². The van der Waals surface area contributed by atoms with Crippen LogP contribution in [0.15, 0.2) is 38.0 Å². The number of rotatable bonds is 5. The molecule has 5 nitrogen and oxygen atoms in total. The van der Waals surface area contributed by atoms with Gasteiger partial charge in [0.05, 0.1) is 12.4 Å². The lowest BCUT2D eigenvalue weighted by atomic mass is 10.3. The van der Waals surface area contributed by atoms with Gasteiger partial charge in [-0.25, -0.2) is 15.0 Å². The van der Waals surface area contributed by atoms with E-state index in [0.29, 0.717) is 6.54 Å². The highest BCUT2D eigenvalue weighted by molar-refractivity contribution is 5.82. The lowest BCUT2D eigenvalue weighted by molar-refractivity contribution is 0.675. The highest BCUT2D eigenvalue weighted by Gasteiger charge is 2.11. The Bertz CT molecular complexity index is 543.